The highest BCUT2D eigenvalue weighted by molar-refractivity contribution is 5.75. The van der Waals surface area contributed by atoms with Crippen molar-refractivity contribution in [2.75, 3.05) is 19.8 Å². The molecule has 1 unspecified atom stereocenters. The van der Waals surface area contributed by atoms with Crippen molar-refractivity contribution in [3.63, 3.8) is 0 Å². The molecule has 0 amide bonds. The van der Waals surface area contributed by atoms with Gasteiger partial charge in [-0.25, -0.2) is 0 Å². The molecule has 0 N–H and O–H groups in total. The van der Waals surface area contributed by atoms with Crippen LogP contribution in [-0.4, -0.2) is 37.8 Å². The zero-order valence-electron chi connectivity index (χ0n) is 11.5. The van der Waals surface area contributed by atoms with E-state index in [2.05, 4.69) is 0 Å². The lowest BCUT2D eigenvalue weighted by atomic mass is 9.85. The van der Waals surface area contributed by atoms with E-state index in [9.17, 15) is 4.79 Å². The largest absolute Gasteiger partial charge is 0.490 e. The van der Waals surface area contributed by atoms with Crippen LogP contribution in [0.1, 0.15) is 36.0 Å². The highest BCUT2D eigenvalue weighted by Crippen LogP contribution is 2.35. The fraction of sp³-hybridized carbons (Fsp3) is 0.562. The number of benzene rings is 1. The predicted octanol–water partition coefficient (Wildman–Crippen LogP) is 2.61. The van der Waals surface area contributed by atoms with Crippen molar-refractivity contribution in [3.8, 4) is 5.75 Å². The monoisotopic (exact) mass is 276 g/mol. The summed E-state index contributed by atoms with van der Waals surface area (Å²) < 4.78 is 17.5. The van der Waals surface area contributed by atoms with Gasteiger partial charge in [0.2, 0.25) is 0 Å². The number of ether oxygens (including phenoxy) is 3. The molecule has 1 spiro atoms. The second kappa shape index (κ2) is 5.94. The third-order valence-corrected chi connectivity index (χ3v) is 4.15. The minimum absolute atomic E-state index is 0.0660. The van der Waals surface area contributed by atoms with E-state index in [-0.39, 0.29) is 11.7 Å². The van der Waals surface area contributed by atoms with Crippen LogP contribution in [0.3, 0.4) is 0 Å². The molecule has 0 aliphatic carbocycles. The average Bonchev–Trinajstić information content (AvgIpc) is 2.48. The van der Waals surface area contributed by atoms with Crippen molar-refractivity contribution in [3.05, 3.63) is 29.8 Å². The van der Waals surface area contributed by atoms with Gasteiger partial charge in [0, 0.05) is 31.6 Å². The van der Waals surface area contributed by atoms with Gasteiger partial charge in [-0.3, -0.25) is 4.79 Å². The minimum Gasteiger partial charge on any atom is -0.490 e. The molecule has 4 nitrogen and oxygen atoms in total. The Morgan fingerprint density at radius 2 is 2.10 bits per heavy atom. The third-order valence-electron chi connectivity index (χ3n) is 4.15. The summed E-state index contributed by atoms with van der Waals surface area (Å²) in [4.78, 5) is 10.8. The molecule has 2 aliphatic heterocycles. The lowest BCUT2D eigenvalue weighted by Gasteiger charge is -2.43. The number of aldehydes is 1. The molecule has 4 heteroatoms. The Morgan fingerprint density at radius 3 is 2.90 bits per heavy atom. The molecule has 108 valence electrons. The predicted molar refractivity (Wildman–Crippen MR) is 74.2 cm³/mol. The van der Waals surface area contributed by atoms with E-state index in [0.29, 0.717) is 5.56 Å². The Labute approximate surface area is 119 Å². The Morgan fingerprint density at radius 1 is 1.25 bits per heavy atom. The number of hydrogen-bond donors (Lipinski definition) is 0. The van der Waals surface area contributed by atoms with Gasteiger partial charge in [-0.1, -0.05) is 12.1 Å². The molecular weight excluding hydrogens is 256 g/mol. The fourth-order valence-electron chi connectivity index (χ4n) is 3.03. The maximum Gasteiger partial charge on any atom is 0.150 e. The fourth-order valence-corrected chi connectivity index (χ4v) is 3.03. The van der Waals surface area contributed by atoms with Crippen LogP contribution >= 0.6 is 0 Å². The van der Waals surface area contributed by atoms with Crippen LogP contribution in [0.25, 0.3) is 0 Å². The summed E-state index contributed by atoms with van der Waals surface area (Å²) >= 11 is 0. The average molecular weight is 276 g/mol. The van der Waals surface area contributed by atoms with Crippen LogP contribution in [0, 0.1) is 0 Å². The summed E-state index contributed by atoms with van der Waals surface area (Å²) in [6.45, 7) is 2.28. The molecule has 0 radical (unpaired) electrons. The van der Waals surface area contributed by atoms with Crippen LogP contribution in [0.2, 0.25) is 0 Å². The molecule has 3 rings (SSSR count). The second-order valence-corrected chi connectivity index (χ2v) is 5.57. The summed E-state index contributed by atoms with van der Waals surface area (Å²) in [5, 5.41) is 0. The zero-order valence-corrected chi connectivity index (χ0v) is 11.5. The molecule has 0 aromatic heterocycles. The lowest BCUT2D eigenvalue weighted by Crippen LogP contribution is -2.47. The summed E-state index contributed by atoms with van der Waals surface area (Å²) in [5.41, 5.74) is 0.582. The van der Waals surface area contributed by atoms with Gasteiger partial charge >= 0.3 is 0 Å². The molecular formula is C16H20O4. The van der Waals surface area contributed by atoms with Gasteiger partial charge in [0.15, 0.2) is 0 Å². The van der Waals surface area contributed by atoms with Crippen LogP contribution in [0.4, 0.5) is 0 Å². The molecule has 0 saturated carbocycles. The Bertz CT molecular complexity index is 460. The van der Waals surface area contributed by atoms with E-state index in [4.69, 9.17) is 14.2 Å². The van der Waals surface area contributed by atoms with Crippen molar-refractivity contribution < 1.29 is 19.0 Å². The first-order valence-corrected chi connectivity index (χ1v) is 7.23. The van der Waals surface area contributed by atoms with Crippen LogP contribution in [-0.2, 0) is 9.47 Å². The Kier molecular flexibility index (Phi) is 4.03. The minimum atomic E-state index is -0.0660. The van der Waals surface area contributed by atoms with Gasteiger partial charge in [-0.15, -0.1) is 0 Å². The highest BCUT2D eigenvalue weighted by atomic mass is 16.5. The van der Waals surface area contributed by atoms with Crippen molar-refractivity contribution in [2.45, 2.75) is 37.4 Å². The molecule has 2 saturated heterocycles. The molecule has 1 aromatic carbocycles. The van der Waals surface area contributed by atoms with E-state index < -0.39 is 0 Å². The quantitative estimate of drug-likeness (QED) is 0.796. The van der Waals surface area contributed by atoms with Gasteiger partial charge in [0.25, 0.3) is 0 Å². The smallest absolute Gasteiger partial charge is 0.150 e. The van der Waals surface area contributed by atoms with E-state index in [1.165, 1.54) is 0 Å². The summed E-state index contributed by atoms with van der Waals surface area (Å²) in [5.74, 6) is 0.767. The van der Waals surface area contributed by atoms with Crippen molar-refractivity contribution >= 4 is 6.29 Å². The molecule has 2 heterocycles. The SMILES string of the molecule is O=Cc1cccc(OC2CCOC3(CCOCC3)C2)c1. The maximum atomic E-state index is 10.8. The van der Waals surface area contributed by atoms with Crippen LogP contribution < -0.4 is 4.74 Å². The van der Waals surface area contributed by atoms with Crippen LogP contribution in [0.5, 0.6) is 5.75 Å². The standard InChI is InChI=1S/C16H20O4/c17-12-13-2-1-3-14(10-13)20-15-4-7-19-16(11-15)5-8-18-9-6-16/h1-3,10,12,15H,4-9,11H2. The first-order chi connectivity index (χ1) is 9.80. The molecule has 20 heavy (non-hydrogen) atoms. The van der Waals surface area contributed by atoms with Gasteiger partial charge in [-0.05, 0) is 25.0 Å². The first-order valence-electron chi connectivity index (χ1n) is 7.23. The summed E-state index contributed by atoms with van der Waals surface area (Å²) in [6, 6.07) is 7.32. The van der Waals surface area contributed by atoms with E-state index in [0.717, 1.165) is 57.5 Å². The second-order valence-electron chi connectivity index (χ2n) is 5.57. The molecule has 1 aromatic rings. The van der Waals surface area contributed by atoms with Gasteiger partial charge in [-0.2, -0.15) is 0 Å². The van der Waals surface area contributed by atoms with E-state index in [1.807, 2.05) is 12.1 Å². The maximum absolute atomic E-state index is 10.8. The lowest BCUT2D eigenvalue weighted by molar-refractivity contribution is -0.155. The van der Waals surface area contributed by atoms with Gasteiger partial charge in [0.05, 0.1) is 12.2 Å². The molecule has 2 aliphatic rings. The number of hydrogen-bond acceptors (Lipinski definition) is 4. The number of carbonyl (C=O) groups is 1. The Balaban J connectivity index is 1.66. The van der Waals surface area contributed by atoms with Crippen molar-refractivity contribution in [2.24, 2.45) is 0 Å². The summed E-state index contributed by atoms with van der Waals surface area (Å²) in [7, 11) is 0. The topological polar surface area (TPSA) is 44.8 Å². The Hall–Kier alpha value is -1.39. The normalized spacial score (nSPS) is 25.3. The summed E-state index contributed by atoms with van der Waals surface area (Å²) in [6.07, 6.45) is 4.69. The molecule has 0 bridgehead atoms. The third kappa shape index (κ3) is 3.02. The molecule has 1 atom stereocenters. The number of carbonyl (C=O) groups excluding carboxylic acids is 1. The zero-order chi connectivity index (χ0) is 13.8. The van der Waals surface area contributed by atoms with E-state index >= 15 is 0 Å². The molecule has 2 fully saturated rings. The first kappa shape index (κ1) is 13.6. The van der Waals surface area contributed by atoms with Gasteiger partial charge < -0.3 is 14.2 Å². The van der Waals surface area contributed by atoms with Crippen LogP contribution in [0.15, 0.2) is 24.3 Å². The van der Waals surface area contributed by atoms with Crippen molar-refractivity contribution in [1.29, 1.82) is 0 Å². The van der Waals surface area contributed by atoms with E-state index in [1.54, 1.807) is 12.1 Å². The number of rotatable bonds is 3. The van der Waals surface area contributed by atoms with Crippen molar-refractivity contribution in [1.82, 2.24) is 0 Å². The van der Waals surface area contributed by atoms with Gasteiger partial charge in [0.1, 0.15) is 18.1 Å². The highest BCUT2D eigenvalue weighted by Gasteiger charge is 2.39.